The molecule has 0 aromatic heterocycles. The summed E-state index contributed by atoms with van der Waals surface area (Å²) in [5.41, 5.74) is 1.36. The summed E-state index contributed by atoms with van der Waals surface area (Å²) in [5.74, 6) is 0. The highest BCUT2D eigenvalue weighted by molar-refractivity contribution is 9.10. The Kier molecular flexibility index (Phi) is 4.86. The maximum atomic E-state index is 11.0. The summed E-state index contributed by atoms with van der Waals surface area (Å²) in [6, 6.07) is 9.82. The molecule has 0 spiro atoms. The second kappa shape index (κ2) is 6.43. The second-order valence-corrected chi connectivity index (χ2v) is 5.71. The molecule has 2 rings (SSSR count). The Morgan fingerprint density at radius 3 is 2.60 bits per heavy atom. The van der Waals surface area contributed by atoms with E-state index in [4.69, 9.17) is 23.2 Å². The second-order valence-electron chi connectivity index (χ2n) is 4.01. The number of nitro benzene ring substituents is 1. The van der Waals surface area contributed by atoms with E-state index in [0.717, 1.165) is 10.2 Å². The van der Waals surface area contributed by atoms with Crippen molar-refractivity contribution < 1.29 is 4.92 Å². The molecule has 2 aromatic rings. The quantitative estimate of drug-likeness (QED) is 0.584. The van der Waals surface area contributed by atoms with Gasteiger partial charge in [0, 0.05) is 27.8 Å². The van der Waals surface area contributed by atoms with Crippen molar-refractivity contribution in [3.8, 4) is 0 Å². The van der Waals surface area contributed by atoms with E-state index in [2.05, 4.69) is 21.2 Å². The van der Waals surface area contributed by atoms with Gasteiger partial charge in [-0.15, -0.1) is 0 Å². The van der Waals surface area contributed by atoms with E-state index in [9.17, 15) is 10.1 Å². The molecule has 0 aliphatic heterocycles. The fraction of sp³-hybridized carbons (Fsp3) is 0.0769. The Morgan fingerprint density at radius 1 is 1.20 bits per heavy atom. The highest BCUT2D eigenvalue weighted by Crippen LogP contribution is 2.27. The van der Waals surface area contributed by atoms with Crippen LogP contribution in [0.4, 0.5) is 11.4 Å². The lowest BCUT2D eigenvalue weighted by Crippen LogP contribution is -2.03. The van der Waals surface area contributed by atoms with Crippen LogP contribution in [-0.2, 0) is 6.54 Å². The standard InChI is InChI=1S/C13H9BrCl2N2O2/c14-11-6-10(2-3-12(11)16)17-7-8-5-9(15)1-4-13(8)18(19)20/h1-6,17H,7H2. The summed E-state index contributed by atoms with van der Waals surface area (Å²) in [6.45, 7) is 0.297. The van der Waals surface area contributed by atoms with Gasteiger partial charge in [-0.1, -0.05) is 23.2 Å². The van der Waals surface area contributed by atoms with Crippen molar-refractivity contribution in [2.45, 2.75) is 6.54 Å². The summed E-state index contributed by atoms with van der Waals surface area (Å²) < 4.78 is 0.754. The van der Waals surface area contributed by atoms with Crippen LogP contribution in [-0.4, -0.2) is 4.92 Å². The molecule has 0 aliphatic rings. The molecule has 104 valence electrons. The Labute approximate surface area is 134 Å². The molecule has 0 saturated heterocycles. The third kappa shape index (κ3) is 3.62. The van der Waals surface area contributed by atoms with Crippen molar-refractivity contribution in [2.75, 3.05) is 5.32 Å². The monoisotopic (exact) mass is 374 g/mol. The van der Waals surface area contributed by atoms with Gasteiger partial charge in [0.05, 0.1) is 15.5 Å². The van der Waals surface area contributed by atoms with Crippen LogP contribution in [0.3, 0.4) is 0 Å². The average molecular weight is 376 g/mol. The van der Waals surface area contributed by atoms with Crippen LogP contribution in [0.25, 0.3) is 0 Å². The molecule has 0 amide bonds. The summed E-state index contributed by atoms with van der Waals surface area (Å²) in [5, 5.41) is 15.1. The van der Waals surface area contributed by atoms with Crippen molar-refractivity contribution in [3.63, 3.8) is 0 Å². The first-order chi connectivity index (χ1) is 9.47. The van der Waals surface area contributed by atoms with E-state index in [0.29, 0.717) is 22.2 Å². The zero-order valence-corrected chi connectivity index (χ0v) is 13.2. The number of nitro groups is 1. The molecule has 0 fully saturated rings. The summed E-state index contributed by atoms with van der Waals surface area (Å²) >= 11 is 15.1. The largest absolute Gasteiger partial charge is 0.381 e. The molecule has 0 saturated carbocycles. The molecule has 20 heavy (non-hydrogen) atoms. The van der Waals surface area contributed by atoms with Crippen molar-refractivity contribution >= 4 is 50.5 Å². The lowest BCUT2D eigenvalue weighted by molar-refractivity contribution is -0.385. The first-order valence-electron chi connectivity index (χ1n) is 5.59. The van der Waals surface area contributed by atoms with Crippen molar-refractivity contribution in [1.82, 2.24) is 0 Å². The molecule has 7 heteroatoms. The highest BCUT2D eigenvalue weighted by atomic mass is 79.9. The fourth-order valence-corrected chi connectivity index (χ4v) is 2.37. The van der Waals surface area contributed by atoms with Gasteiger partial charge in [0.15, 0.2) is 0 Å². The average Bonchev–Trinajstić information content (AvgIpc) is 2.40. The molecule has 0 unspecified atom stereocenters. The van der Waals surface area contributed by atoms with Gasteiger partial charge >= 0.3 is 0 Å². The number of rotatable bonds is 4. The highest BCUT2D eigenvalue weighted by Gasteiger charge is 2.13. The van der Waals surface area contributed by atoms with Gasteiger partial charge in [0.2, 0.25) is 0 Å². The van der Waals surface area contributed by atoms with Crippen LogP contribution < -0.4 is 5.32 Å². The Hall–Kier alpha value is -1.30. The van der Waals surface area contributed by atoms with Crippen LogP contribution >= 0.6 is 39.1 Å². The number of anilines is 1. The number of benzene rings is 2. The summed E-state index contributed by atoms with van der Waals surface area (Å²) in [4.78, 5) is 10.5. The first-order valence-corrected chi connectivity index (χ1v) is 7.14. The number of nitrogens with zero attached hydrogens (tertiary/aromatic N) is 1. The van der Waals surface area contributed by atoms with Gasteiger partial charge in [-0.05, 0) is 46.3 Å². The third-order valence-corrected chi connectivity index (χ3v) is 4.09. The van der Waals surface area contributed by atoms with E-state index < -0.39 is 4.92 Å². The number of hydrogen-bond donors (Lipinski definition) is 1. The molecular formula is C13H9BrCl2N2O2. The molecule has 0 bridgehead atoms. The zero-order chi connectivity index (χ0) is 14.7. The van der Waals surface area contributed by atoms with E-state index in [1.165, 1.54) is 12.1 Å². The summed E-state index contributed by atoms with van der Waals surface area (Å²) in [7, 11) is 0. The Morgan fingerprint density at radius 2 is 1.95 bits per heavy atom. The predicted molar refractivity (Wildman–Crippen MR) is 84.6 cm³/mol. The first kappa shape index (κ1) is 15.1. The van der Waals surface area contributed by atoms with Gasteiger partial charge in [0.25, 0.3) is 5.69 Å². The van der Waals surface area contributed by atoms with Gasteiger partial charge in [-0.2, -0.15) is 0 Å². The van der Waals surface area contributed by atoms with Crippen molar-refractivity contribution in [3.05, 3.63) is 66.6 Å². The third-order valence-electron chi connectivity index (χ3n) is 2.64. The molecule has 0 aliphatic carbocycles. The number of hydrogen-bond acceptors (Lipinski definition) is 3. The molecule has 0 radical (unpaired) electrons. The minimum Gasteiger partial charge on any atom is -0.381 e. The van der Waals surface area contributed by atoms with E-state index in [1.54, 1.807) is 24.3 Å². The zero-order valence-electron chi connectivity index (χ0n) is 10.1. The van der Waals surface area contributed by atoms with Crippen LogP contribution in [0, 0.1) is 10.1 Å². The van der Waals surface area contributed by atoms with E-state index in [1.807, 2.05) is 0 Å². The molecule has 1 N–H and O–H groups in total. The van der Waals surface area contributed by atoms with Crippen LogP contribution in [0.2, 0.25) is 10.0 Å². The predicted octanol–water partition coefficient (Wildman–Crippen LogP) is 5.28. The summed E-state index contributed by atoms with van der Waals surface area (Å²) in [6.07, 6.45) is 0. The molecule has 0 atom stereocenters. The van der Waals surface area contributed by atoms with Gasteiger partial charge < -0.3 is 5.32 Å². The van der Waals surface area contributed by atoms with E-state index in [-0.39, 0.29) is 5.69 Å². The Balaban J connectivity index is 2.20. The smallest absolute Gasteiger partial charge is 0.274 e. The van der Waals surface area contributed by atoms with Crippen LogP contribution in [0.15, 0.2) is 40.9 Å². The minimum absolute atomic E-state index is 0.0370. The molecule has 4 nitrogen and oxygen atoms in total. The number of halogens is 3. The molecule has 2 aromatic carbocycles. The molecule has 0 heterocycles. The van der Waals surface area contributed by atoms with Crippen LogP contribution in [0.1, 0.15) is 5.56 Å². The minimum atomic E-state index is -0.425. The van der Waals surface area contributed by atoms with Crippen molar-refractivity contribution in [1.29, 1.82) is 0 Å². The lowest BCUT2D eigenvalue weighted by Gasteiger charge is -2.08. The maximum Gasteiger partial charge on any atom is 0.274 e. The van der Waals surface area contributed by atoms with E-state index >= 15 is 0 Å². The maximum absolute atomic E-state index is 11.0. The van der Waals surface area contributed by atoms with Gasteiger partial charge in [-0.3, -0.25) is 10.1 Å². The van der Waals surface area contributed by atoms with Gasteiger partial charge in [-0.25, -0.2) is 0 Å². The van der Waals surface area contributed by atoms with Gasteiger partial charge in [0.1, 0.15) is 0 Å². The normalized spacial score (nSPS) is 10.3. The SMILES string of the molecule is O=[N+]([O-])c1ccc(Cl)cc1CNc1ccc(Cl)c(Br)c1. The topological polar surface area (TPSA) is 55.2 Å². The Bertz CT molecular complexity index is 665. The number of nitrogens with one attached hydrogen (secondary N) is 1. The lowest BCUT2D eigenvalue weighted by atomic mass is 10.1. The van der Waals surface area contributed by atoms with Crippen LogP contribution in [0.5, 0.6) is 0 Å². The molecular weight excluding hydrogens is 367 g/mol. The van der Waals surface area contributed by atoms with Crippen molar-refractivity contribution in [2.24, 2.45) is 0 Å². The fourth-order valence-electron chi connectivity index (χ4n) is 1.68.